The molecule has 56 heavy (non-hydrogen) atoms. The fourth-order valence-corrected chi connectivity index (χ4v) is 8.44. The molecule has 4 aromatic carbocycles. The van der Waals surface area contributed by atoms with E-state index >= 15 is 0 Å². The molecule has 0 saturated carbocycles. The number of fused-ring (bicyclic) bond motifs is 5. The molecule has 2 bridgehead atoms. The average molecular weight is 769 g/mol. The third kappa shape index (κ3) is 7.94. The second kappa shape index (κ2) is 16.9. The Balaban J connectivity index is 0.00000266. The molecule has 9 rings (SSSR count). The first-order valence-corrected chi connectivity index (χ1v) is 18.6. The summed E-state index contributed by atoms with van der Waals surface area (Å²) in [6.45, 7) is 3.97. The van der Waals surface area contributed by atoms with Crippen molar-refractivity contribution in [2.75, 3.05) is 31.1 Å². The number of hydrogen-bond donors (Lipinski definition) is 6. The quantitative estimate of drug-likeness (QED) is 0.0898. The van der Waals surface area contributed by atoms with E-state index in [1.54, 1.807) is 21.6 Å². The molecule has 12 nitrogen and oxygen atoms in total. The first kappa shape index (κ1) is 39.9. The van der Waals surface area contributed by atoms with Gasteiger partial charge in [-0.15, -0.1) is 0 Å². The van der Waals surface area contributed by atoms with Gasteiger partial charge in [-0.2, -0.15) is 0 Å². The van der Waals surface area contributed by atoms with Crippen LogP contribution in [0.1, 0.15) is 42.1 Å². The second-order valence-corrected chi connectivity index (χ2v) is 14.5. The number of rotatable bonds is 12. The summed E-state index contributed by atoms with van der Waals surface area (Å²) in [6, 6.07) is 27.9. The zero-order valence-corrected chi connectivity index (χ0v) is 30.7. The highest BCUT2D eigenvalue weighted by molar-refractivity contribution is 5.94. The highest BCUT2D eigenvalue weighted by Gasteiger charge is 2.41. The summed E-state index contributed by atoms with van der Waals surface area (Å²) in [6.07, 6.45) is 1.57. The molecular formula is C42H46F2N6O6. The van der Waals surface area contributed by atoms with Crippen molar-refractivity contribution in [3.63, 3.8) is 0 Å². The van der Waals surface area contributed by atoms with Gasteiger partial charge in [0.25, 0.3) is 0 Å². The van der Waals surface area contributed by atoms with Gasteiger partial charge in [0.05, 0.1) is 34.4 Å². The van der Waals surface area contributed by atoms with Crippen molar-refractivity contribution in [1.29, 1.82) is 0 Å². The van der Waals surface area contributed by atoms with Crippen LogP contribution in [0, 0.1) is 5.92 Å². The molecule has 0 radical (unpaired) electrons. The van der Waals surface area contributed by atoms with Gasteiger partial charge in [-0.05, 0) is 97.3 Å². The van der Waals surface area contributed by atoms with E-state index < -0.39 is 12.2 Å². The van der Waals surface area contributed by atoms with E-state index in [0.29, 0.717) is 42.8 Å². The zero-order valence-electron chi connectivity index (χ0n) is 30.7. The number of phenols is 1. The maximum atomic E-state index is 13.1. The van der Waals surface area contributed by atoms with Crippen molar-refractivity contribution >= 4 is 33.7 Å². The molecule has 0 spiro atoms. The maximum Gasteiger partial charge on any atom is 0.412 e. The number of nitrogens with one attached hydrogen (secondary N) is 3. The summed E-state index contributed by atoms with van der Waals surface area (Å²) >= 11 is 0. The normalized spacial score (nSPS) is 18.0. The number of halogens is 2. The van der Waals surface area contributed by atoms with Crippen LogP contribution in [0.3, 0.4) is 0 Å². The van der Waals surface area contributed by atoms with Crippen LogP contribution in [-0.2, 0) is 19.5 Å². The van der Waals surface area contributed by atoms with Gasteiger partial charge in [-0.1, -0.05) is 54.6 Å². The first-order valence-electron chi connectivity index (χ1n) is 18.6. The number of anilines is 1. The number of aromatic amines is 2. The van der Waals surface area contributed by atoms with Crippen LogP contribution >= 0.6 is 0 Å². The van der Waals surface area contributed by atoms with Crippen LogP contribution in [0.25, 0.3) is 33.1 Å². The number of aromatic nitrogens is 3. The molecule has 2 atom stereocenters. The predicted octanol–water partition coefficient (Wildman–Crippen LogP) is 5.88. The number of piperidine rings is 3. The Kier molecular flexibility index (Phi) is 12.0. The Morgan fingerprint density at radius 1 is 0.911 bits per heavy atom. The molecule has 1 unspecified atom stereocenters. The number of carbonyl (C=O) groups is 1. The molecule has 3 fully saturated rings. The fourth-order valence-electron chi connectivity index (χ4n) is 8.44. The van der Waals surface area contributed by atoms with Gasteiger partial charge in [0.2, 0.25) is 5.56 Å². The number of nitrogens with zero attached hydrogens (tertiary/aromatic N) is 3. The first-order chi connectivity index (χ1) is 26.2. The summed E-state index contributed by atoms with van der Waals surface area (Å²) < 4.78 is 1.74. The molecule has 14 heteroatoms. The van der Waals surface area contributed by atoms with Gasteiger partial charge < -0.3 is 35.5 Å². The van der Waals surface area contributed by atoms with Crippen molar-refractivity contribution in [2.24, 2.45) is 5.92 Å². The van der Waals surface area contributed by atoms with Crippen LogP contribution in [0.2, 0.25) is 0 Å². The average Bonchev–Trinajstić information content (AvgIpc) is 3.49. The number of pyridine rings is 1. The SMILES string of the molecule is F.F.O=C(O)N(c1cc(CCCn2c(=O)[nH]c3cc(CNC[C@H](O)c4ccc(O)c5[nH]c(=O)ccc45)ccc32)ccc1-c1ccccc1)C1CN2CCC1CC2. The van der Waals surface area contributed by atoms with Gasteiger partial charge in [0, 0.05) is 43.2 Å². The minimum atomic E-state index is -0.927. The van der Waals surface area contributed by atoms with Crippen LogP contribution in [0.15, 0.2) is 101 Å². The van der Waals surface area contributed by atoms with Crippen molar-refractivity contribution in [1.82, 2.24) is 24.8 Å². The number of amides is 1. The second-order valence-electron chi connectivity index (χ2n) is 14.5. The number of aryl methyl sites for hydroxylation is 2. The lowest BCUT2D eigenvalue weighted by molar-refractivity contribution is 0.0837. The lowest BCUT2D eigenvalue weighted by Crippen LogP contribution is -2.59. The van der Waals surface area contributed by atoms with Crippen molar-refractivity contribution in [2.45, 2.75) is 50.9 Å². The lowest BCUT2D eigenvalue weighted by Gasteiger charge is -2.48. The number of aliphatic hydroxyl groups is 1. The number of phenolic OH excluding ortho intramolecular Hbond substituents is 1. The number of imidazole rings is 1. The van der Waals surface area contributed by atoms with E-state index in [1.807, 2.05) is 60.7 Å². The topological polar surface area (TPSA) is 167 Å². The van der Waals surface area contributed by atoms with Crippen LogP contribution in [-0.4, -0.2) is 73.1 Å². The third-order valence-electron chi connectivity index (χ3n) is 11.2. The Hall–Kier alpha value is -5.83. The number of aromatic hydroxyl groups is 1. The summed E-state index contributed by atoms with van der Waals surface area (Å²) in [7, 11) is 0. The number of hydrogen-bond acceptors (Lipinski definition) is 7. The van der Waals surface area contributed by atoms with E-state index in [1.165, 1.54) is 12.1 Å². The number of aliphatic hydroxyl groups excluding tert-OH is 1. The molecule has 294 valence electrons. The van der Waals surface area contributed by atoms with Gasteiger partial charge in [0.15, 0.2) is 0 Å². The number of carboxylic acid groups (broad SMARTS) is 1. The Morgan fingerprint density at radius 2 is 1.68 bits per heavy atom. The molecule has 1 amide bonds. The minimum Gasteiger partial charge on any atom is -0.506 e. The number of H-pyrrole nitrogens is 2. The van der Waals surface area contributed by atoms with Crippen LogP contribution in [0.4, 0.5) is 19.9 Å². The van der Waals surface area contributed by atoms with E-state index in [2.05, 4.69) is 26.3 Å². The highest BCUT2D eigenvalue weighted by atomic mass is 19.0. The standard InChI is InChI=1S/C42H44N6O6.2FH/c49-37-14-11-31(32-12-15-39(51)45-40(32)37)38(50)24-43-23-27-9-13-34-33(21-27)44-41(52)47(34)18-4-5-26-8-10-30(28-6-2-1-3-7-28)35(22-26)48(42(53)54)36-25-46-19-16-29(36)17-20-46;;/h1-3,6-15,21-22,29,36,38,43,49-50H,4-5,16-20,23-25H2,(H,44,52)(H,45,51)(H,53,54);2*1H/t36?,38-;;/m0../s1. The maximum absolute atomic E-state index is 13.1. The molecule has 3 aliphatic rings. The molecule has 5 heterocycles. The fraction of sp³-hybridized carbons (Fsp3) is 0.310. The molecular weight excluding hydrogens is 722 g/mol. The molecule has 3 saturated heterocycles. The van der Waals surface area contributed by atoms with Crippen molar-refractivity contribution in [3.8, 4) is 16.9 Å². The summed E-state index contributed by atoms with van der Waals surface area (Å²) in [5.41, 5.74) is 6.41. The Bertz CT molecular complexity index is 2440. The van der Waals surface area contributed by atoms with E-state index in [4.69, 9.17) is 0 Å². The summed E-state index contributed by atoms with van der Waals surface area (Å²) in [5.74, 6) is 0.282. The molecule has 2 aromatic heterocycles. The Morgan fingerprint density at radius 3 is 2.41 bits per heavy atom. The Labute approximate surface area is 320 Å². The van der Waals surface area contributed by atoms with E-state index in [0.717, 1.165) is 71.5 Å². The number of benzene rings is 4. The van der Waals surface area contributed by atoms with Crippen LogP contribution < -0.4 is 21.5 Å². The van der Waals surface area contributed by atoms with Gasteiger partial charge in [-0.3, -0.25) is 23.7 Å². The smallest absolute Gasteiger partial charge is 0.412 e. The van der Waals surface area contributed by atoms with Crippen LogP contribution in [0.5, 0.6) is 5.75 Å². The molecule has 0 aliphatic carbocycles. The highest BCUT2D eigenvalue weighted by Crippen LogP contribution is 2.39. The van der Waals surface area contributed by atoms with Gasteiger partial charge in [0.1, 0.15) is 5.75 Å². The van der Waals surface area contributed by atoms with Gasteiger partial charge in [-0.25, -0.2) is 9.59 Å². The third-order valence-corrected chi connectivity index (χ3v) is 11.2. The zero-order chi connectivity index (χ0) is 37.3. The van der Waals surface area contributed by atoms with Crippen molar-refractivity contribution < 1.29 is 29.5 Å². The molecule has 3 aliphatic heterocycles. The molecule has 6 N–H and O–H groups in total. The van der Waals surface area contributed by atoms with Crippen molar-refractivity contribution in [3.05, 3.63) is 129 Å². The van der Waals surface area contributed by atoms with E-state index in [9.17, 15) is 29.7 Å². The predicted molar refractivity (Wildman–Crippen MR) is 214 cm³/mol. The van der Waals surface area contributed by atoms with E-state index in [-0.39, 0.29) is 44.5 Å². The lowest BCUT2D eigenvalue weighted by atomic mass is 9.82. The monoisotopic (exact) mass is 768 g/mol. The minimum absolute atomic E-state index is 0. The molecule has 6 aromatic rings. The summed E-state index contributed by atoms with van der Waals surface area (Å²) in [4.78, 5) is 47.4. The summed E-state index contributed by atoms with van der Waals surface area (Å²) in [5, 5.41) is 35.6. The largest absolute Gasteiger partial charge is 0.506 e. The van der Waals surface area contributed by atoms with Gasteiger partial charge >= 0.3 is 11.8 Å².